The maximum atomic E-state index is 6.44. The van der Waals surface area contributed by atoms with Gasteiger partial charge in [-0.05, 0) is 37.4 Å². The Morgan fingerprint density at radius 3 is 2.64 bits per heavy atom. The van der Waals surface area contributed by atoms with E-state index in [-0.39, 0.29) is 0 Å². The molecule has 2 aromatic heterocycles. The van der Waals surface area contributed by atoms with E-state index in [9.17, 15) is 0 Å². The molecule has 0 spiro atoms. The highest BCUT2D eigenvalue weighted by molar-refractivity contribution is 6.04. The molecular weight excluding hydrogens is 350 g/mol. The molecule has 0 bridgehead atoms. The fraction of sp³-hybridized carbons (Fsp3) is 0.238. The van der Waals surface area contributed by atoms with Gasteiger partial charge in [-0.15, -0.1) is 0 Å². The van der Waals surface area contributed by atoms with Crippen LogP contribution in [0.5, 0.6) is 0 Å². The third kappa shape index (κ3) is 2.71. The van der Waals surface area contributed by atoms with Gasteiger partial charge in [0, 0.05) is 49.1 Å². The number of fused-ring (bicyclic) bond motifs is 2. The number of rotatable bonds is 2. The van der Waals surface area contributed by atoms with E-state index in [1.54, 1.807) is 6.20 Å². The number of nitrogens with two attached hydrogens (primary N) is 2. The van der Waals surface area contributed by atoms with Gasteiger partial charge in [0.05, 0.1) is 27.8 Å². The highest BCUT2D eigenvalue weighted by atomic mass is 15.2. The molecule has 5 rings (SSSR count). The first-order valence-electron chi connectivity index (χ1n) is 9.46. The van der Waals surface area contributed by atoms with E-state index < -0.39 is 0 Å². The van der Waals surface area contributed by atoms with Gasteiger partial charge >= 0.3 is 0 Å². The summed E-state index contributed by atoms with van der Waals surface area (Å²) in [6.45, 7) is 4.22. The van der Waals surface area contributed by atoms with Crippen LogP contribution < -0.4 is 16.4 Å². The van der Waals surface area contributed by atoms with Gasteiger partial charge in [-0.2, -0.15) is 0 Å². The lowest BCUT2D eigenvalue weighted by Gasteiger charge is -2.34. The molecule has 2 aromatic carbocycles. The van der Waals surface area contributed by atoms with Crippen LogP contribution in [0.1, 0.15) is 0 Å². The number of anilines is 3. The maximum absolute atomic E-state index is 6.44. The first kappa shape index (κ1) is 16.8. The molecule has 1 fully saturated rings. The van der Waals surface area contributed by atoms with Gasteiger partial charge < -0.3 is 26.3 Å². The number of aromatic amines is 1. The zero-order chi connectivity index (χ0) is 19.3. The summed E-state index contributed by atoms with van der Waals surface area (Å²) in [7, 11) is 2.16. The molecule has 0 atom stereocenters. The van der Waals surface area contributed by atoms with Crippen LogP contribution in [0.15, 0.2) is 42.6 Å². The minimum Gasteiger partial charge on any atom is -0.398 e. The van der Waals surface area contributed by atoms with Crippen LogP contribution in [0.4, 0.5) is 17.1 Å². The Morgan fingerprint density at radius 1 is 1.00 bits per heavy atom. The van der Waals surface area contributed by atoms with E-state index in [4.69, 9.17) is 16.5 Å². The summed E-state index contributed by atoms with van der Waals surface area (Å²) in [6, 6.07) is 12.0. The molecule has 0 saturated carbocycles. The summed E-state index contributed by atoms with van der Waals surface area (Å²) in [4.78, 5) is 17.4. The Hall–Kier alpha value is -3.32. The topological polar surface area (TPSA) is 100 Å². The molecule has 0 amide bonds. The van der Waals surface area contributed by atoms with Crippen LogP contribution in [0.2, 0.25) is 0 Å². The molecule has 0 unspecified atom stereocenters. The van der Waals surface area contributed by atoms with Gasteiger partial charge in [-0.1, -0.05) is 6.07 Å². The smallest absolute Gasteiger partial charge is 0.142 e. The fourth-order valence-corrected chi connectivity index (χ4v) is 3.87. The van der Waals surface area contributed by atoms with Gasteiger partial charge in [0.1, 0.15) is 5.82 Å². The lowest BCUT2D eigenvalue weighted by atomic mass is 10.1. The minimum atomic E-state index is 0.599. The number of H-pyrrole nitrogens is 1. The Kier molecular flexibility index (Phi) is 3.84. The zero-order valence-electron chi connectivity index (χ0n) is 15.8. The van der Waals surface area contributed by atoms with Crippen molar-refractivity contribution in [2.24, 2.45) is 0 Å². The highest BCUT2D eigenvalue weighted by Crippen LogP contribution is 2.34. The summed E-state index contributed by atoms with van der Waals surface area (Å²) in [6.07, 6.45) is 1.76. The average molecular weight is 373 g/mol. The molecule has 142 valence electrons. The van der Waals surface area contributed by atoms with Crippen LogP contribution in [0.3, 0.4) is 0 Å². The molecule has 3 heterocycles. The zero-order valence-corrected chi connectivity index (χ0v) is 15.8. The normalized spacial score (nSPS) is 15.5. The van der Waals surface area contributed by atoms with Crippen molar-refractivity contribution in [3.63, 3.8) is 0 Å². The van der Waals surface area contributed by atoms with Gasteiger partial charge in [-0.25, -0.2) is 4.98 Å². The van der Waals surface area contributed by atoms with Crippen molar-refractivity contribution < 1.29 is 0 Å². The van der Waals surface area contributed by atoms with E-state index in [1.807, 2.05) is 18.2 Å². The van der Waals surface area contributed by atoms with Crippen LogP contribution >= 0.6 is 0 Å². The lowest BCUT2D eigenvalue weighted by molar-refractivity contribution is 0.313. The second-order valence-electron chi connectivity index (χ2n) is 7.40. The molecule has 0 radical (unpaired) electrons. The molecule has 1 saturated heterocycles. The maximum Gasteiger partial charge on any atom is 0.142 e. The minimum absolute atomic E-state index is 0.599. The predicted octanol–water partition coefficient (Wildman–Crippen LogP) is 2.69. The van der Waals surface area contributed by atoms with Crippen molar-refractivity contribution >= 4 is 39.0 Å². The molecule has 1 aliphatic heterocycles. The number of pyridine rings is 1. The molecule has 7 nitrogen and oxygen atoms in total. The number of benzene rings is 2. The summed E-state index contributed by atoms with van der Waals surface area (Å²) < 4.78 is 0. The summed E-state index contributed by atoms with van der Waals surface area (Å²) >= 11 is 0. The van der Waals surface area contributed by atoms with Gasteiger partial charge in [0.15, 0.2) is 0 Å². The van der Waals surface area contributed by atoms with Gasteiger partial charge in [0.2, 0.25) is 0 Å². The number of piperazine rings is 1. The Labute approximate surface area is 163 Å². The first-order chi connectivity index (χ1) is 13.6. The van der Waals surface area contributed by atoms with Crippen molar-refractivity contribution in [2.75, 3.05) is 49.6 Å². The van der Waals surface area contributed by atoms with Crippen molar-refractivity contribution in [3.8, 4) is 11.4 Å². The summed E-state index contributed by atoms with van der Waals surface area (Å²) in [5.74, 6) is 0.709. The number of nitrogen functional groups attached to an aromatic ring is 2. The number of nitrogens with zero attached hydrogens (tertiary/aromatic N) is 4. The molecule has 28 heavy (non-hydrogen) atoms. The van der Waals surface area contributed by atoms with Crippen LogP contribution in [0.25, 0.3) is 33.3 Å². The van der Waals surface area contributed by atoms with Crippen molar-refractivity contribution in [1.82, 2.24) is 19.9 Å². The van der Waals surface area contributed by atoms with E-state index in [0.717, 1.165) is 53.7 Å². The molecule has 4 aromatic rings. The van der Waals surface area contributed by atoms with Gasteiger partial charge in [-0.3, -0.25) is 4.98 Å². The summed E-state index contributed by atoms with van der Waals surface area (Å²) in [5, 5.41) is 0.776. The monoisotopic (exact) mass is 373 g/mol. The first-order valence-corrected chi connectivity index (χ1v) is 9.46. The number of hydrogen-bond acceptors (Lipinski definition) is 6. The Morgan fingerprint density at radius 2 is 1.82 bits per heavy atom. The molecule has 5 N–H and O–H groups in total. The van der Waals surface area contributed by atoms with E-state index >= 15 is 0 Å². The number of aromatic nitrogens is 3. The molecule has 7 heteroatoms. The summed E-state index contributed by atoms with van der Waals surface area (Å²) in [5.41, 5.74) is 18.5. The average Bonchev–Trinajstić information content (AvgIpc) is 3.12. The van der Waals surface area contributed by atoms with E-state index in [2.05, 4.69) is 45.0 Å². The second kappa shape index (κ2) is 6.38. The molecule has 0 aliphatic carbocycles. The SMILES string of the molecule is CN1CCN(c2ccc3nc(-c4cnc5cccc(N)c5c4N)[nH]c3c2)CC1. The molecule has 1 aliphatic rings. The van der Waals surface area contributed by atoms with Crippen molar-refractivity contribution in [1.29, 1.82) is 0 Å². The second-order valence-corrected chi connectivity index (χ2v) is 7.40. The van der Waals surface area contributed by atoms with Crippen LogP contribution in [-0.4, -0.2) is 53.1 Å². The fourth-order valence-electron chi connectivity index (χ4n) is 3.87. The van der Waals surface area contributed by atoms with E-state index in [0.29, 0.717) is 17.2 Å². The van der Waals surface area contributed by atoms with Crippen LogP contribution in [-0.2, 0) is 0 Å². The predicted molar refractivity (Wildman–Crippen MR) is 115 cm³/mol. The number of imidazole rings is 1. The highest BCUT2D eigenvalue weighted by Gasteiger charge is 2.17. The number of hydrogen-bond donors (Lipinski definition) is 3. The molecular formula is C21H23N7. The van der Waals surface area contributed by atoms with Crippen molar-refractivity contribution in [3.05, 3.63) is 42.6 Å². The van der Waals surface area contributed by atoms with E-state index in [1.165, 1.54) is 5.69 Å². The van der Waals surface area contributed by atoms with Gasteiger partial charge in [0.25, 0.3) is 0 Å². The standard InChI is InChI=1S/C21H23N7/c1-27-7-9-28(10-8-27)13-5-6-16-18(11-13)26-21(25-16)14-12-24-17-4-2-3-15(22)19(17)20(14)23/h2-6,11-12H,7-10,22H2,1H3,(H2,23,24)(H,25,26). The van der Waals surface area contributed by atoms with Crippen LogP contribution in [0, 0.1) is 0 Å². The Balaban J connectivity index is 1.56. The quantitative estimate of drug-likeness (QED) is 0.467. The third-order valence-electron chi connectivity index (χ3n) is 5.56. The number of nitrogens with one attached hydrogen (secondary N) is 1. The lowest BCUT2D eigenvalue weighted by Crippen LogP contribution is -2.44. The van der Waals surface area contributed by atoms with Crippen molar-refractivity contribution in [2.45, 2.75) is 0 Å². The third-order valence-corrected chi connectivity index (χ3v) is 5.56. The largest absolute Gasteiger partial charge is 0.398 e. The Bertz CT molecular complexity index is 1170. The number of likely N-dealkylation sites (N-methyl/N-ethyl adjacent to an activating group) is 1.